The minimum absolute atomic E-state index is 0. The SMILES string of the molecule is CSc1ccc(C=NN=C(N)NN=Cc2ccc(SC)cc2)cc1.Cl. The first-order chi connectivity index (χ1) is 11.7. The van der Waals surface area contributed by atoms with Crippen LogP contribution in [0.4, 0.5) is 0 Å². The summed E-state index contributed by atoms with van der Waals surface area (Å²) < 4.78 is 0. The van der Waals surface area contributed by atoms with Crippen LogP contribution in [0.2, 0.25) is 0 Å². The minimum Gasteiger partial charge on any atom is -0.367 e. The highest BCUT2D eigenvalue weighted by Crippen LogP contribution is 2.14. The Bertz CT molecular complexity index is 728. The zero-order valence-electron chi connectivity index (χ0n) is 13.9. The molecule has 0 saturated carbocycles. The lowest BCUT2D eigenvalue weighted by atomic mass is 10.2. The normalized spacial score (nSPS) is 11.7. The number of halogens is 1. The van der Waals surface area contributed by atoms with Gasteiger partial charge in [-0.25, -0.2) is 5.43 Å². The molecule has 2 rings (SSSR count). The summed E-state index contributed by atoms with van der Waals surface area (Å²) in [4.78, 5) is 2.41. The zero-order valence-corrected chi connectivity index (χ0v) is 16.4. The molecule has 0 amide bonds. The van der Waals surface area contributed by atoms with E-state index in [-0.39, 0.29) is 18.4 Å². The molecule has 25 heavy (non-hydrogen) atoms. The number of hydrogen-bond donors (Lipinski definition) is 2. The van der Waals surface area contributed by atoms with Crippen LogP contribution in [-0.4, -0.2) is 30.9 Å². The highest BCUT2D eigenvalue weighted by atomic mass is 35.5. The molecule has 0 unspecified atom stereocenters. The molecular weight excluding hydrogens is 374 g/mol. The van der Waals surface area contributed by atoms with Crippen molar-refractivity contribution >= 4 is 54.3 Å². The summed E-state index contributed by atoms with van der Waals surface area (Å²) in [6.07, 6.45) is 7.40. The highest BCUT2D eigenvalue weighted by molar-refractivity contribution is 7.98. The Hall–Kier alpha value is -1.96. The molecule has 0 aliphatic carbocycles. The molecular formula is C17H20ClN5S2. The molecule has 8 heteroatoms. The molecule has 0 saturated heterocycles. The molecule has 0 aromatic heterocycles. The van der Waals surface area contributed by atoms with Crippen molar-refractivity contribution in [3.8, 4) is 0 Å². The number of hydrazone groups is 1. The van der Waals surface area contributed by atoms with Crippen molar-refractivity contribution in [1.29, 1.82) is 0 Å². The number of benzene rings is 2. The number of thioether (sulfide) groups is 2. The predicted octanol–water partition coefficient (Wildman–Crippen LogP) is 3.82. The molecule has 0 spiro atoms. The maximum absolute atomic E-state index is 5.70. The number of rotatable bonds is 6. The summed E-state index contributed by atoms with van der Waals surface area (Å²) in [7, 11) is 0. The number of nitrogens with zero attached hydrogens (tertiary/aromatic N) is 3. The van der Waals surface area contributed by atoms with Crippen molar-refractivity contribution < 1.29 is 0 Å². The fourth-order valence-electron chi connectivity index (χ4n) is 1.73. The summed E-state index contributed by atoms with van der Waals surface area (Å²) in [5.74, 6) is 0.129. The van der Waals surface area contributed by atoms with E-state index in [1.54, 1.807) is 36.0 Å². The van der Waals surface area contributed by atoms with E-state index in [4.69, 9.17) is 5.73 Å². The van der Waals surface area contributed by atoms with Crippen LogP contribution in [0.5, 0.6) is 0 Å². The Kier molecular flexibility index (Phi) is 9.76. The van der Waals surface area contributed by atoms with Gasteiger partial charge in [-0.2, -0.15) is 10.2 Å². The lowest BCUT2D eigenvalue weighted by Crippen LogP contribution is -2.26. The van der Waals surface area contributed by atoms with Gasteiger partial charge in [-0.1, -0.05) is 24.3 Å². The van der Waals surface area contributed by atoms with E-state index in [1.165, 1.54) is 9.79 Å². The van der Waals surface area contributed by atoms with Gasteiger partial charge in [0.15, 0.2) is 0 Å². The van der Waals surface area contributed by atoms with Crippen LogP contribution in [0.1, 0.15) is 11.1 Å². The summed E-state index contributed by atoms with van der Waals surface area (Å²) in [5, 5.41) is 11.8. The van der Waals surface area contributed by atoms with E-state index >= 15 is 0 Å². The van der Waals surface area contributed by atoms with E-state index in [9.17, 15) is 0 Å². The van der Waals surface area contributed by atoms with Crippen molar-refractivity contribution in [2.75, 3.05) is 12.5 Å². The molecule has 5 nitrogen and oxygen atoms in total. The third kappa shape index (κ3) is 7.64. The molecule has 0 atom stereocenters. The fourth-order valence-corrected chi connectivity index (χ4v) is 2.55. The van der Waals surface area contributed by atoms with Gasteiger partial charge < -0.3 is 5.73 Å². The van der Waals surface area contributed by atoms with Crippen molar-refractivity contribution in [3.05, 3.63) is 59.7 Å². The molecule has 0 heterocycles. The number of hydrogen-bond acceptors (Lipinski definition) is 5. The van der Waals surface area contributed by atoms with Crippen molar-refractivity contribution in [2.24, 2.45) is 21.0 Å². The number of guanidine groups is 1. The van der Waals surface area contributed by atoms with Gasteiger partial charge >= 0.3 is 0 Å². The predicted molar refractivity (Wildman–Crippen MR) is 114 cm³/mol. The summed E-state index contributed by atoms with van der Waals surface area (Å²) in [6, 6.07) is 16.1. The van der Waals surface area contributed by atoms with E-state index in [2.05, 4.69) is 20.7 Å². The van der Waals surface area contributed by atoms with Crippen LogP contribution in [0.25, 0.3) is 0 Å². The van der Waals surface area contributed by atoms with E-state index in [0.29, 0.717) is 0 Å². The highest BCUT2D eigenvalue weighted by Gasteiger charge is 1.92. The Morgan fingerprint density at radius 3 is 1.84 bits per heavy atom. The zero-order chi connectivity index (χ0) is 17.2. The molecule has 0 fully saturated rings. The summed E-state index contributed by atoms with van der Waals surface area (Å²) in [5.41, 5.74) is 10.3. The number of nitrogens with one attached hydrogen (secondary N) is 1. The molecule has 3 N–H and O–H groups in total. The van der Waals surface area contributed by atoms with Crippen molar-refractivity contribution in [2.45, 2.75) is 9.79 Å². The van der Waals surface area contributed by atoms with Crippen LogP contribution >= 0.6 is 35.9 Å². The first-order valence-electron chi connectivity index (χ1n) is 7.15. The molecule has 2 aromatic rings. The first-order valence-corrected chi connectivity index (χ1v) is 9.60. The van der Waals surface area contributed by atoms with Crippen molar-refractivity contribution in [1.82, 2.24) is 5.43 Å². The van der Waals surface area contributed by atoms with Gasteiger partial charge in [0.25, 0.3) is 0 Å². The number of nitrogens with two attached hydrogens (primary N) is 1. The lowest BCUT2D eigenvalue weighted by molar-refractivity contribution is 0.994. The van der Waals surface area contributed by atoms with Crippen LogP contribution in [0.15, 0.2) is 73.6 Å². The first kappa shape index (κ1) is 21.1. The smallest absolute Gasteiger partial charge is 0.234 e. The minimum atomic E-state index is 0. The Labute approximate surface area is 162 Å². The second-order valence-corrected chi connectivity index (χ2v) is 6.41. The van der Waals surface area contributed by atoms with Gasteiger partial charge in [0.1, 0.15) is 0 Å². The monoisotopic (exact) mass is 393 g/mol. The Balaban J connectivity index is 0.00000312. The molecule has 0 radical (unpaired) electrons. The van der Waals surface area contributed by atoms with Gasteiger partial charge in [-0.15, -0.1) is 41.0 Å². The molecule has 132 valence electrons. The lowest BCUT2D eigenvalue weighted by Gasteiger charge is -1.98. The van der Waals surface area contributed by atoms with E-state index < -0.39 is 0 Å². The third-order valence-electron chi connectivity index (χ3n) is 3.00. The Morgan fingerprint density at radius 2 is 1.36 bits per heavy atom. The van der Waals surface area contributed by atoms with Crippen LogP contribution in [0, 0.1) is 0 Å². The molecule has 2 aromatic carbocycles. The Morgan fingerprint density at radius 1 is 0.880 bits per heavy atom. The van der Waals surface area contributed by atoms with Gasteiger partial charge in [0.05, 0.1) is 12.4 Å². The largest absolute Gasteiger partial charge is 0.367 e. The second kappa shape index (κ2) is 11.6. The maximum atomic E-state index is 5.70. The fraction of sp³-hybridized carbons (Fsp3) is 0.118. The van der Waals surface area contributed by atoms with Gasteiger partial charge in [0.2, 0.25) is 5.96 Å². The van der Waals surface area contributed by atoms with Gasteiger partial charge in [-0.3, -0.25) is 0 Å². The second-order valence-electron chi connectivity index (χ2n) is 4.65. The standard InChI is InChI=1S/C17H19N5S2.ClH/c1-23-15-7-3-13(4-8-15)11-19-21-17(18)22-20-12-14-5-9-16(24-2)10-6-14;/h3-12H,1-2H3,(H3,18,21,22);1H. The van der Waals surface area contributed by atoms with Crippen LogP contribution in [0.3, 0.4) is 0 Å². The quantitative estimate of drug-likeness (QED) is 0.338. The molecule has 0 aliphatic heterocycles. The molecule has 0 bridgehead atoms. The van der Waals surface area contributed by atoms with Gasteiger partial charge in [-0.05, 0) is 47.9 Å². The van der Waals surface area contributed by atoms with E-state index in [0.717, 1.165) is 11.1 Å². The average molecular weight is 394 g/mol. The summed E-state index contributed by atoms with van der Waals surface area (Å²) >= 11 is 3.40. The van der Waals surface area contributed by atoms with Gasteiger partial charge in [0, 0.05) is 9.79 Å². The topological polar surface area (TPSA) is 75.1 Å². The maximum Gasteiger partial charge on any atom is 0.234 e. The van der Waals surface area contributed by atoms with Crippen molar-refractivity contribution in [3.63, 3.8) is 0 Å². The van der Waals surface area contributed by atoms with Crippen LogP contribution in [-0.2, 0) is 0 Å². The average Bonchev–Trinajstić information content (AvgIpc) is 2.63. The third-order valence-corrected chi connectivity index (χ3v) is 4.48. The van der Waals surface area contributed by atoms with Crippen LogP contribution < -0.4 is 11.2 Å². The van der Waals surface area contributed by atoms with E-state index in [1.807, 2.05) is 61.0 Å². The molecule has 0 aliphatic rings. The summed E-state index contributed by atoms with van der Waals surface area (Å²) in [6.45, 7) is 0.